The van der Waals surface area contributed by atoms with Crippen LogP contribution in [0.15, 0.2) is 41.2 Å². The van der Waals surface area contributed by atoms with Gasteiger partial charge in [-0.05, 0) is 31.3 Å². The Labute approximate surface area is 171 Å². The van der Waals surface area contributed by atoms with Crippen LogP contribution in [0.4, 0.5) is 23.4 Å². The first-order valence-corrected chi connectivity index (χ1v) is 8.78. The third-order valence-corrected chi connectivity index (χ3v) is 4.74. The number of alkyl halides is 3. The Morgan fingerprint density at radius 3 is 2.50 bits per heavy atom. The molecular weight excluding hydrogens is 428 g/mol. The van der Waals surface area contributed by atoms with Crippen LogP contribution < -0.4 is 16.2 Å². The van der Waals surface area contributed by atoms with Crippen LogP contribution in [0.1, 0.15) is 22.8 Å². The molecule has 1 unspecified atom stereocenters. The topological polar surface area (TPSA) is 96.0 Å². The van der Waals surface area contributed by atoms with Crippen molar-refractivity contribution in [2.45, 2.75) is 25.2 Å². The van der Waals surface area contributed by atoms with Gasteiger partial charge in [0, 0.05) is 6.54 Å². The van der Waals surface area contributed by atoms with Gasteiger partial charge in [0.1, 0.15) is 17.2 Å². The maximum Gasteiger partial charge on any atom is 0.425 e. The number of hydrogen-bond acceptors (Lipinski definition) is 4. The summed E-state index contributed by atoms with van der Waals surface area (Å²) >= 11 is 4.98. The standard InChI is InChI=1S/C18H14F4N4O3S/c1-8(2)7-26-12-11(14(28)24-16(26)30)17(15(29)23-12,18(20,21)22)25-13(27)9-5-3-4-6-10(9)19/h3-6H,1,7H2,2H3,(H,23,29)(H,25,27)(H,24,28,30). The molecule has 12 heteroatoms. The quantitative estimate of drug-likeness (QED) is 0.386. The number of carbonyl (C=O) groups is 2. The molecule has 1 aromatic heterocycles. The van der Waals surface area contributed by atoms with Crippen LogP contribution in [-0.2, 0) is 16.9 Å². The van der Waals surface area contributed by atoms with Gasteiger partial charge >= 0.3 is 6.18 Å². The summed E-state index contributed by atoms with van der Waals surface area (Å²) in [7, 11) is 0. The second kappa shape index (κ2) is 7.20. The van der Waals surface area contributed by atoms with Crippen molar-refractivity contribution in [1.29, 1.82) is 0 Å². The number of carbonyl (C=O) groups excluding carboxylic acids is 2. The van der Waals surface area contributed by atoms with Crippen molar-refractivity contribution in [3.05, 3.63) is 68.5 Å². The smallest absolute Gasteiger partial charge is 0.326 e. The molecule has 0 saturated heterocycles. The van der Waals surface area contributed by atoms with Crippen LogP contribution >= 0.6 is 12.2 Å². The van der Waals surface area contributed by atoms with Crippen LogP contribution in [0, 0.1) is 10.6 Å². The third kappa shape index (κ3) is 3.22. The molecule has 0 bridgehead atoms. The minimum Gasteiger partial charge on any atom is -0.326 e. The summed E-state index contributed by atoms with van der Waals surface area (Å²) < 4.78 is 57.4. The van der Waals surface area contributed by atoms with E-state index in [1.807, 2.05) is 5.32 Å². The van der Waals surface area contributed by atoms with E-state index in [9.17, 15) is 31.9 Å². The van der Waals surface area contributed by atoms with E-state index in [1.54, 1.807) is 6.92 Å². The highest BCUT2D eigenvalue weighted by Gasteiger charge is 2.68. The van der Waals surface area contributed by atoms with Gasteiger partial charge in [-0.2, -0.15) is 13.2 Å². The number of anilines is 1. The van der Waals surface area contributed by atoms with Crippen LogP contribution in [-0.4, -0.2) is 27.5 Å². The summed E-state index contributed by atoms with van der Waals surface area (Å²) in [5, 5.41) is 3.52. The van der Waals surface area contributed by atoms with E-state index in [-0.39, 0.29) is 11.3 Å². The van der Waals surface area contributed by atoms with E-state index in [2.05, 4.69) is 11.6 Å². The fourth-order valence-electron chi connectivity index (χ4n) is 3.13. The molecule has 0 aliphatic carbocycles. The molecule has 0 saturated carbocycles. The number of benzene rings is 1. The fourth-order valence-corrected chi connectivity index (χ4v) is 3.38. The first-order valence-electron chi connectivity index (χ1n) is 8.37. The second-order valence-electron chi connectivity index (χ2n) is 6.66. The molecule has 1 aliphatic heterocycles. The highest BCUT2D eigenvalue weighted by Crippen LogP contribution is 2.45. The van der Waals surface area contributed by atoms with Gasteiger partial charge in [0.25, 0.3) is 22.9 Å². The number of halogens is 4. The Morgan fingerprint density at radius 2 is 1.93 bits per heavy atom. The predicted octanol–water partition coefficient (Wildman–Crippen LogP) is 2.76. The van der Waals surface area contributed by atoms with E-state index < -0.39 is 51.9 Å². The highest BCUT2D eigenvalue weighted by atomic mass is 32.1. The summed E-state index contributed by atoms with van der Waals surface area (Å²) in [5.74, 6) is -4.88. The monoisotopic (exact) mass is 442 g/mol. The number of amides is 2. The Bertz CT molecular complexity index is 1200. The number of nitrogens with one attached hydrogen (secondary N) is 3. The molecule has 158 valence electrons. The normalized spacial score (nSPS) is 18.0. The van der Waals surface area contributed by atoms with Gasteiger partial charge in [0.2, 0.25) is 0 Å². The molecule has 0 fully saturated rings. The van der Waals surface area contributed by atoms with Crippen LogP contribution in [0.2, 0.25) is 0 Å². The molecular formula is C18H14F4N4O3S. The second-order valence-corrected chi connectivity index (χ2v) is 7.05. The molecule has 30 heavy (non-hydrogen) atoms. The van der Waals surface area contributed by atoms with Crippen molar-refractivity contribution in [2.75, 3.05) is 5.32 Å². The molecule has 3 rings (SSSR count). The zero-order chi connectivity index (χ0) is 22.4. The molecule has 2 amide bonds. The lowest BCUT2D eigenvalue weighted by Crippen LogP contribution is -2.61. The maximum absolute atomic E-state index is 14.2. The third-order valence-electron chi connectivity index (χ3n) is 4.42. The lowest BCUT2D eigenvalue weighted by atomic mass is 9.91. The number of H-pyrrole nitrogens is 1. The van der Waals surface area contributed by atoms with Crippen molar-refractivity contribution in [2.24, 2.45) is 0 Å². The minimum atomic E-state index is -5.44. The maximum atomic E-state index is 14.2. The van der Waals surface area contributed by atoms with Crippen molar-refractivity contribution in [3.63, 3.8) is 0 Å². The van der Waals surface area contributed by atoms with Crippen LogP contribution in [0.5, 0.6) is 0 Å². The Kier molecular flexibility index (Phi) is 5.14. The summed E-state index contributed by atoms with van der Waals surface area (Å²) in [5.41, 5.74) is -6.44. The van der Waals surface area contributed by atoms with Gasteiger partial charge in [-0.25, -0.2) is 4.39 Å². The van der Waals surface area contributed by atoms with Gasteiger partial charge in [-0.1, -0.05) is 24.3 Å². The summed E-state index contributed by atoms with van der Waals surface area (Å²) in [4.78, 5) is 39.6. The highest BCUT2D eigenvalue weighted by molar-refractivity contribution is 7.71. The average Bonchev–Trinajstić information content (AvgIpc) is 2.92. The van der Waals surface area contributed by atoms with E-state index >= 15 is 0 Å². The zero-order valence-corrected chi connectivity index (χ0v) is 16.1. The van der Waals surface area contributed by atoms with Gasteiger partial charge in [-0.3, -0.25) is 19.4 Å². The average molecular weight is 442 g/mol. The number of aromatic nitrogens is 2. The fraction of sp³-hybridized carbons (Fsp3) is 0.222. The number of rotatable bonds is 4. The summed E-state index contributed by atoms with van der Waals surface area (Å²) in [6.07, 6.45) is -5.44. The van der Waals surface area contributed by atoms with Crippen molar-refractivity contribution >= 4 is 29.9 Å². The molecule has 2 aromatic rings. The van der Waals surface area contributed by atoms with Crippen LogP contribution in [0.3, 0.4) is 0 Å². The first-order chi connectivity index (χ1) is 13.9. The van der Waals surface area contributed by atoms with E-state index in [1.165, 1.54) is 17.4 Å². The SMILES string of the molecule is C=C(C)Cn1c2c(c(=O)[nH]c1=S)C(NC(=O)c1ccccc1F)(C(F)(F)F)C(=O)N2. The number of hydrogen-bond donors (Lipinski definition) is 3. The van der Waals surface area contributed by atoms with E-state index in [0.29, 0.717) is 5.57 Å². The Balaban J connectivity index is 2.28. The molecule has 1 aliphatic rings. The van der Waals surface area contributed by atoms with Gasteiger partial charge in [0.05, 0.1) is 5.56 Å². The predicted molar refractivity (Wildman–Crippen MR) is 101 cm³/mol. The lowest BCUT2D eigenvalue weighted by Gasteiger charge is -2.30. The number of allylic oxidation sites excluding steroid dienone is 1. The zero-order valence-electron chi connectivity index (χ0n) is 15.3. The van der Waals surface area contributed by atoms with E-state index in [0.717, 1.165) is 16.7 Å². The first kappa shape index (κ1) is 21.4. The van der Waals surface area contributed by atoms with Gasteiger partial charge < -0.3 is 15.2 Å². The van der Waals surface area contributed by atoms with Crippen molar-refractivity contribution < 1.29 is 27.2 Å². The molecule has 0 spiro atoms. The lowest BCUT2D eigenvalue weighted by molar-refractivity contribution is -0.196. The molecule has 3 N–H and O–H groups in total. The minimum absolute atomic E-state index is 0.104. The summed E-state index contributed by atoms with van der Waals surface area (Å²) in [6.45, 7) is 5.09. The Morgan fingerprint density at radius 1 is 1.30 bits per heavy atom. The number of nitrogens with zero attached hydrogens (tertiary/aromatic N) is 1. The van der Waals surface area contributed by atoms with Crippen molar-refractivity contribution in [3.8, 4) is 0 Å². The number of fused-ring (bicyclic) bond motifs is 1. The molecule has 1 aromatic carbocycles. The molecule has 7 nitrogen and oxygen atoms in total. The van der Waals surface area contributed by atoms with E-state index in [4.69, 9.17) is 12.2 Å². The molecule has 2 heterocycles. The largest absolute Gasteiger partial charge is 0.425 e. The molecule has 1 atom stereocenters. The van der Waals surface area contributed by atoms with Gasteiger partial charge in [0.15, 0.2) is 4.77 Å². The number of aromatic amines is 1. The Hall–Kier alpha value is -3.28. The molecule has 0 radical (unpaired) electrons. The summed E-state index contributed by atoms with van der Waals surface area (Å²) in [6, 6.07) is 4.28. The van der Waals surface area contributed by atoms with Crippen molar-refractivity contribution in [1.82, 2.24) is 14.9 Å². The van der Waals surface area contributed by atoms with Gasteiger partial charge in [-0.15, -0.1) is 0 Å². The van der Waals surface area contributed by atoms with Crippen LogP contribution in [0.25, 0.3) is 0 Å².